The maximum Gasteiger partial charge on any atom is 0.0672 e. The fourth-order valence-corrected chi connectivity index (χ4v) is 3.18. The Morgan fingerprint density at radius 2 is 2.33 bits per heavy atom. The predicted octanol–water partition coefficient (Wildman–Crippen LogP) is 1.72. The molecule has 1 N–H and O–H groups in total. The highest BCUT2D eigenvalue weighted by molar-refractivity contribution is 5.34. The molecule has 2 atom stereocenters. The van der Waals surface area contributed by atoms with Crippen molar-refractivity contribution in [3.63, 3.8) is 0 Å². The molecular weight excluding hydrogens is 186 g/mol. The first kappa shape index (κ1) is 9.40. The van der Waals surface area contributed by atoms with Gasteiger partial charge in [0.15, 0.2) is 0 Å². The van der Waals surface area contributed by atoms with Gasteiger partial charge in [-0.15, -0.1) is 0 Å². The van der Waals surface area contributed by atoms with E-state index in [0.717, 1.165) is 6.42 Å². The molecule has 15 heavy (non-hydrogen) atoms. The van der Waals surface area contributed by atoms with Crippen LogP contribution in [0.3, 0.4) is 0 Å². The molecule has 2 aliphatic heterocycles. The zero-order valence-electron chi connectivity index (χ0n) is 9.58. The van der Waals surface area contributed by atoms with Crippen molar-refractivity contribution in [1.82, 2.24) is 15.1 Å². The van der Waals surface area contributed by atoms with Crippen molar-refractivity contribution >= 4 is 0 Å². The van der Waals surface area contributed by atoms with Gasteiger partial charge >= 0.3 is 0 Å². The van der Waals surface area contributed by atoms with Crippen LogP contribution >= 0.6 is 0 Å². The summed E-state index contributed by atoms with van der Waals surface area (Å²) in [5, 5.41) is 8.39. The second kappa shape index (κ2) is 3.34. The number of aromatic nitrogens is 2. The lowest BCUT2D eigenvalue weighted by molar-refractivity contribution is 0.297. The molecular formula is C12H19N3. The Labute approximate surface area is 90.9 Å². The molecule has 0 aromatic carbocycles. The molecule has 1 aromatic rings. The standard InChI is InChI=1S/C12H19N3/c1-3-9-12-10-6-4-5-8(13-10)7-11(12)15(2)14-9/h8,10,13H,3-7H2,1-2H3/t8-,10+/m0/s1. The van der Waals surface area contributed by atoms with Crippen LogP contribution in [0, 0.1) is 0 Å². The number of hydrogen-bond donors (Lipinski definition) is 1. The maximum atomic E-state index is 4.65. The molecule has 0 saturated carbocycles. The number of nitrogens with zero attached hydrogens (tertiary/aromatic N) is 2. The highest BCUT2D eigenvalue weighted by Gasteiger charge is 2.33. The first-order valence-corrected chi connectivity index (χ1v) is 6.10. The van der Waals surface area contributed by atoms with Gasteiger partial charge in [-0.2, -0.15) is 5.10 Å². The van der Waals surface area contributed by atoms with Gasteiger partial charge in [0.25, 0.3) is 0 Å². The van der Waals surface area contributed by atoms with E-state index in [2.05, 4.69) is 29.1 Å². The molecule has 0 amide bonds. The van der Waals surface area contributed by atoms with E-state index >= 15 is 0 Å². The molecule has 0 radical (unpaired) electrons. The molecule has 1 fully saturated rings. The number of nitrogens with one attached hydrogen (secondary N) is 1. The van der Waals surface area contributed by atoms with Gasteiger partial charge in [-0.1, -0.05) is 6.92 Å². The Kier molecular flexibility index (Phi) is 2.09. The minimum absolute atomic E-state index is 0.594. The van der Waals surface area contributed by atoms with Crippen molar-refractivity contribution in [3.8, 4) is 0 Å². The SMILES string of the molecule is CCc1nn(C)c2c1[C@H]1CCC[C@@H](C2)N1. The summed E-state index contributed by atoms with van der Waals surface area (Å²) in [6, 6.07) is 1.30. The van der Waals surface area contributed by atoms with Crippen LogP contribution in [0.1, 0.15) is 49.2 Å². The number of fused-ring (bicyclic) bond motifs is 4. The molecule has 3 heteroatoms. The lowest BCUT2D eigenvalue weighted by Crippen LogP contribution is -2.43. The Bertz CT molecular complexity index is 380. The number of rotatable bonds is 1. The molecule has 3 nitrogen and oxygen atoms in total. The maximum absolute atomic E-state index is 4.65. The molecule has 3 rings (SSSR count). The van der Waals surface area contributed by atoms with Crippen LogP contribution in [0.5, 0.6) is 0 Å². The molecule has 1 aromatic heterocycles. The number of piperidine rings is 1. The van der Waals surface area contributed by atoms with Gasteiger partial charge in [0, 0.05) is 36.8 Å². The smallest absolute Gasteiger partial charge is 0.0672 e. The van der Waals surface area contributed by atoms with Crippen molar-refractivity contribution in [2.75, 3.05) is 0 Å². The Balaban J connectivity index is 2.10. The zero-order chi connectivity index (χ0) is 10.4. The van der Waals surface area contributed by atoms with Crippen molar-refractivity contribution < 1.29 is 0 Å². The summed E-state index contributed by atoms with van der Waals surface area (Å²) in [7, 11) is 2.10. The van der Waals surface area contributed by atoms with E-state index in [1.54, 1.807) is 0 Å². The Hall–Kier alpha value is -0.830. The van der Waals surface area contributed by atoms with Gasteiger partial charge in [-0.3, -0.25) is 4.68 Å². The number of hydrogen-bond acceptors (Lipinski definition) is 2. The fourth-order valence-electron chi connectivity index (χ4n) is 3.18. The van der Waals surface area contributed by atoms with Crippen molar-refractivity contribution in [3.05, 3.63) is 17.0 Å². The van der Waals surface area contributed by atoms with E-state index in [4.69, 9.17) is 0 Å². The van der Waals surface area contributed by atoms with Crippen LogP contribution in [-0.4, -0.2) is 15.8 Å². The largest absolute Gasteiger partial charge is 0.307 e. The van der Waals surface area contributed by atoms with Crippen LogP contribution in [0.15, 0.2) is 0 Å². The minimum atomic E-state index is 0.594. The Morgan fingerprint density at radius 1 is 1.47 bits per heavy atom. The minimum Gasteiger partial charge on any atom is -0.307 e. The first-order chi connectivity index (χ1) is 7.29. The van der Waals surface area contributed by atoms with Gasteiger partial charge < -0.3 is 5.32 Å². The topological polar surface area (TPSA) is 29.9 Å². The summed E-state index contributed by atoms with van der Waals surface area (Å²) >= 11 is 0. The van der Waals surface area contributed by atoms with Crippen LogP contribution in [0.4, 0.5) is 0 Å². The summed E-state index contributed by atoms with van der Waals surface area (Å²) in [5.74, 6) is 0. The molecule has 0 spiro atoms. The van der Waals surface area contributed by atoms with E-state index in [-0.39, 0.29) is 0 Å². The highest BCUT2D eigenvalue weighted by Crippen LogP contribution is 2.36. The Morgan fingerprint density at radius 3 is 3.13 bits per heavy atom. The van der Waals surface area contributed by atoms with Crippen LogP contribution in [0.25, 0.3) is 0 Å². The van der Waals surface area contributed by atoms with E-state index in [9.17, 15) is 0 Å². The second-order valence-corrected chi connectivity index (χ2v) is 4.84. The van der Waals surface area contributed by atoms with E-state index in [0.29, 0.717) is 12.1 Å². The van der Waals surface area contributed by atoms with Crippen LogP contribution in [0.2, 0.25) is 0 Å². The monoisotopic (exact) mass is 205 g/mol. The van der Waals surface area contributed by atoms with Crippen LogP contribution < -0.4 is 5.32 Å². The van der Waals surface area contributed by atoms with Gasteiger partial charge in [0.1, 0.15) is 0 Å². The fraction of sp³-hybridized carbons (Fsp3) is 0.750. The first-order valence-electron chi connectivity index (χ1n) is 6.10. The third-order valence-electron chi connectivity index (χ3n) is 3.89. The predicted molar refractivity (Wildman–Crippen MR) is 59.8 cm³/mol. The summed E-state index contributed by atoms with van der Waals surface area (Å²) in [4.78, 5) is 0. The van der Waals surface area contributed by atoms with Crippen molar-refractivity contribution in [1.29, 1.82) is 0 Å². The van der Waals surface area contributed by atoms with E-state index < -0.39 is 0 Å². The van der Waals surface area contributed by atoms with Crippen LogP contribution in [-0.2, 0) is 19.9 Å². The average Bonchev–Trinajstić information content (AvgIpc) is 2.56. The number of aryl methyl sites for hydroxylation is 2. The van der Waals surface area contributed by atoms with Gasteiger partial charge in [-0.05, 0) is 25.7 Å². The zero-order valence-corrected chi connectivity index (χ0v) is 9.58. The summed E-state index contributed by atoms with van der Waals surface area (Å²) in [5.41, 5.74) is 4.32. The molecule has 82 valence electrons. The van der Waals surface area contributed by atoms with Crippen molar-refractivity contribution in [2.24, 2.45) is 7.05 Å². The summed E-state index contributed by atoms with van der Waals surface area (Å²) in [6.07, 6.45) is 6.24. The lowest BCUT2D eigenvalue weighted by Gasteiger charge is -2.36. The molecule has 1 saturated heterocycles. The molecule has 2 bridgehead atoms. The molecule has 0 unspecified atom stereocenters. The third kappa shape index (κ3) is 1.33. The second-order valence-electron chi connectivity index (χ2n) is 4.84. The molecule has 3 heterocycles. The van der Waals surface area contributed by atoms with Gasteiger partial charge in [-0.25, -0.2) is 0 Å². The van der Waals surface area contributed by atoms with Crippen molar-refractivity contribution in [2.45, 2.75) is 51.1 Å². The third-order valence-corrected chi connectivity index (χ3v) is 3.89. The normalized spacial score (nSPS) is 28.9. The highest BCUT2D eigenvalue weighted by atomic mass is 15.3. The average molecular weight is 205 g/mol. The molecule has 2 aliphatic rings. The molecule has 0 aliphatic carbocycles. The van der Waals surface area contributed by atoms with E-state index in [1.807, 2.05) is 0 Å². The van der Waals surface area contributed by atoms with E-state index in [1.165, 1.54) is 42.6 Å². The summed E-state index contributed by atoms with van der Waals surface area (Å²) < 4.78 is 2.11. The quantitative estimate of drug-likeness (QED) is 0.756. The van der Waals surface area contributed by atoms with Gasteiger partial charge in [0.2, 0.25) is 0 Å². The lowest BCUT2D eigenvalue weighted by atomic mass is 9.84. The summed E-state index contributed by atoms with van der Waals surface area (Å²) in [6.45, 7) is 2.21. The van der Waals surface area contributed by atoms with Gasteiger partial charge in [0.05, 0.1) is 5.69 Å².